The monoisotopic (exact) mass is 448 g/mol. The maximum Gasteiger partial charge on any atom is 0.251 e. The Hall–Kier alpha value is -3.37. The Morgan fingerprint density at radius 3 is 2.78 bits per heavy atom. The molecule has 2 N–H and O–H groups in total. The molecule has 8 nitrogen and oxygen atoms in total. The van der Waals surface area contributed by atoms with Gasteiger partial charge in [-0.2, -0.15) is 4.98 Å². The first-order chi connectivity index (χ1) is 15.8. The van der Waals surface area contributed by atoms with Crippen LogP contribution in [0, 0.1) is 5.82 Å². The van der Waals surface area contributed by atoms with Crippen molar-refractivity contribution in [3.63, 3.8) is 0 Å². The van der Waals surface area contributed by atoms with Crippen LogP contribution in [0.25, 0.3) is 22.6 Å². The summed E-state index contributed by atoms with van der Waals surface area (Å²) in [4.78, 5) is 20.1. The predicted molar refractivity (Wildman–Crippen MR) is 123 cm³/mol. The molecule has 0 spiro atoms. The zero-order valence-electron chi connectivity index (χ0n) is 17.3. The van der Waals surface area contributed by atoms with E-state index in [2.05, 4.69) is 40.0 Å². The van der Waals surface area contributed by atoms with E-state index in [0.717, 1.165) is 73.4 Å². The standard InChI is InChI=1S/C22H21FN8S/c23-17-10-15(30-6-3-24-4-7-30)1-2-18(17)28-22-26-11-14-9-16(19-12-32-13-27-19)21-25-5-8-31(21)20(14)29-22/h1-2,9-13,24-25H,3-8H2. The van der Waals surface area contributed by atoms with Gasteiger partial charge in [-0.25, -0.2) is 19.4 Å². The summed E-state index contributed by atoms with van der Waals surface area (Å²) >= 11 is 1.56. The number of halogens is 1. The minimum Gasteiger partial charge on any atom is -0.369 e. The molecular weight excluding hydrogens is 427 g/mol. The fourth-order valence-corrected chi connectivity index (χ4v) is 4.82. The molecule has 0 aliphatic carbocycles. The van der Waals surface area contributed by atoms with Crippen molar-refractivity contribution in [1.82, 2.24) is 24.8 Å². The van der Waals surface area contributed by atoms with Gasteiger partial charge in [-0.3, -0.25) is 0 Å². The highest BCUT2D eigenvalue weighted by Gasteiger charge is 2.22. The first-order valence-electron chi connectivity index (χ1n) is 10.6. The maximum atomic E-state index is 14.8. The fourth-order valence-electron chi connectivity index (χ4n) is 4.27. The van der Waals surface area contributed by atoms with Gasteiger partial charge in [0.1, 0.15) is 17.3 Å². The number of fused-ring (bicyclic) bond motifs is 3. The molecule has 2 aromatic rings. The Balaban J connectivity index is 1.40. The molecule has 0 atom stereocenters. The Morgan fingerprint density at radius 1 is 1.06 bits per heavy atom. The van der Waals surface area contributed by atoms with Crippen molar-refractivity contribution in [2.24, 2.45) is 4.99 Å². The van der Waals surface area contributed by atoms with Crippen LogP contribution < -0.4 is 21.2 Å². The van der Waals surface area contributed by atoms with E-state index in [-0.39, 0.29) is 17.1 Å². The smallest absolute Gasteiger partial charge is 0.251 e. The minimum absolute atomic E-state index is 0.238. The lowest BCUT2D eigenvalue weighted by molar-refractivity contribution is 0.585. The Bertz CT molecular complexity index is 1310. The van der Waals surface area contributed by atoms with E-state index in [4.69, 9.17) is 0 Å². The highest BCUT2D eigenvalue weighted by molar-refractivity contribution is 7.07. The molecule has 1 aromatic heterocycles. The van der Waals surface area contributed by atoms with Crippen LogP contribution in [0.4, 0.5) is 21.6 Å². The molecule has 1 saturated heterocycles. The topological polar surface area (TPSA) is 83.3 Å². The molecule has 1 aromatic carbocycles. The number of anilines is 2. The van der Waals surface area contributed by atoms with Crippen LogP contribution >= 0.6 is 11.3 Å². The SMILES string of the molecule is Fc1cc(N2CCNCC2)ccc1N=c1ncc2cc(-c3cscn3)c3n(c-2n1)CCN3. The second-order valence-electron chi connectivity index (χ2n) is 7.79. The Kier molecular flexibility index (Phi) is 4.80. The third-order valence-electron chi connectivity index (χ3n) is 5.83. The number of hydrogen-bond donors (Lipinski definition) is 2. The zero-order chi connectivity index (χ0) is 21.5. The van der Waals surface area contributed by atoms with Gasteiger partial charge in [-0.1, -0.05) is 0 Å². The average molecular weight is 449 g/mol. The summed E-state index contributed by atoms with van der Waals surface area (Å²) in [6.07, 6.45) is 1.75. The first-order valence-corrected chi connectivity index (χ1v) is 11.5. The molecule has 5 heterocycles. The molecule has 0 radical (unpaired) electrons. The van der Waals surface area contributed by atoms with Gasteiger partial charge < -0.3 is 20.1 Å². The largest absolute Gasteiger partial charge is 0.369 e. The lowest BCUT2D eigenvalue weighted by Crippen LogP contribution is -2.43. The van der Waals surface area contributed by atoms with Gasteiger partial charge in [-0.15, -0.1) is 11.3 Å². The van der Waals surface area contributed by atoms with Crippen LogP contribution in [-0.2, 0) is 6.54 Å². The number of aromatic nitrogens is 4. The van der Waals surface area contributed by atoms with Crippen LogP contribution in [0.3, 0.4) is 0 Å². The van der Waals surface area contributed by atoms with Crippen molar-refractivity contribution in [2.45, 2.75) is 6.54 Å². The Labute approximate surface area is 187 Å². The second kappa shape index (κ2) is 7.95. The number of pyridine rings is 1. The van der Waals surface area contributed by atoms with E-state index in [1.165, 1.54) is 0 Å². The summed E-state index contributed by atoms with van der Waals surface area (Å²) in [5.41, 5.74) is 6.03. The average Bonchev–Trinajstić information content (AvgIpc) is 3.53. The number of thiazole rings is 1. The van der Waals surface area contributed by atoms with Crippen molar-refractivity contribution < 1.29 is 4.39 Å². The summed E-state index contributed by atoms with van der Waals surface area (Å²) < 4.78 is 16.9. The van der Waals surface area contributed by atoms with Crippen LogP contribution in [-0.4, -0.2) is 52.2 Å². The van der Waals surface area contributed by atoms with E-state index in [1.807, 2.05) is 23.0 Å². The van der Waals surface area contributed by atoms with Crippen molar-refractivity contribution in [2.75, 3.05) is 42.9 Å². The van der Waals surface area contributed by atoms with E-state index >= 15 is 0 Å². The van der Waals surface area contributed by atoms with E-state index < -0.39 is 0 Å². The van der Waals surface area contributed by atoms with Gasteiger partial charge in [0.25, 0.3) is 5.62 Å². The quantitative estimate of drug-likeness (QED) is 0.502. The van der Waals surface area contributed by atoms with Crippen molar-refractivity contribution in [3.05, 3.63) is 52.8 Å². The van der Waals surface area contributed by atoms with Crippen molar-refractivity contribution in [3.8, 4) is 22.6 Å². The maximum absolute atomic E-state index is 14.8. The predicted octanol–water partition coefficient (Wildman–Crippen LogP) is 2.71. The Morgan fingerprint density at radius 2 is 1.97 bits per heavy atom. The van der Waals surface area contributed by atoms with Gasteiger partial charge in [0.05, 0.1) is 11.2 Å². The number of benzene rings is 1. The third-order valence-corrected chi connectivity index (χ3v) is 6.42. The number of nitrogens with zero attached hydrogens (tertiary/aromatic N) is 6. The molecule has 4 aliphatic rings. The number of nitrogens with one attached hydrogen (secondary N) is 2. The van der Waals surface area contributed by atoms with Crippen LogP contribution in [0.1, 0.15) is 0 Å². The summed E-state index contributed by atoms with van der Waals surface area (Å²) in [5.74, 6) is 1.39. The van der Waals surface area contributed by atoms with Crippen LogP contribution in [0.5, 0.6) is 0 Å². The van der Waals surface area contributed by atoms with Crippen LogP contribution in [0.15, 0.2) is 46.3 Å². The molecular formula is C22H21FN8S. The molecule has 0 saturated carbocycles. The van der Waals surface area contributed by atoms with Crippen molar-refractivity contribution >= 4 is 28.5 Å². The minimum atomic E-state index is -0.372. The van der Waals surface area contributed by atoms with Gasteiger partial charge in [0.2, 0.25) is 0 Å². The second-order valence-corrected chi connectivity index (χ2v) is 8.51. The molecule has 162 valence electrons. The summed E-state index contributed by atoms with van der Waals surface area (Å²) in [5, 5.41) is 8.77. The molecule has 32 heavy (non-hydrogen) atoms. The molecule has 6 rings (SSSR count). The van der Waals surface area contributed by atoms with E-state index in [1.54, 1.807) is 29.7 Å². The summed E-state index contributed by atoms with van der Waals surface area (Å²) in [6.45, 7) is 5.13. The van der Waals surface area contributed by atoms with Crippen molar-refractivity contribution in [1.29, 1.82) is 0 Å². The van der Waals surface area contributed by atoms with E-state index in [9.17, 15) is 4.39 Å². The van der Waals surface area contributed by atoms with Gasteiger partial charge >= 0.3 is 0 Å². The van der Waals surface area contributed by atoms with Gasteiger partial charge in [0, 0.05) is 67.7 Å². The van der Waals surface area contributed by atoms with E-state index in [0.29, 0.717) is 0 Å². The number of piperazine rings is 1. The summed E-state index contributed by atoms with van der Waals surface area (Å²) in [6, 6.07) is 7.19. The highest BCUT2D eigenvalue weighted by atomic mass is 32.1. The molecule has 10 heteroatoms. The van der Waals surface area contributed by atoms with Crippen LogP contribution in [0.2, 0.25) is 0 Å². The lowest BCUT2D eigenvalue weighted by atomic mass is 10.1. The number of rotatable bonds is 3. The third kappa shape index (κ3) is 3.41. The lowest BCUT2D eigenvalue weighted by Gasteiger charge is -2.29. The van der Waals surface area contributed by atoms with Gasteiger partial charge in [-0.05, 0) is 24.3 Å². The molecule has 1 fully saturated rings. The van der Waals surface area contributed by atoms with Gasteiger partial charge in [0.15, 0.2) is 5.82 Å². The first kappa shape index (κ1) is 19.3. The molecule has 4 aliphatic heterocycles. The molecule has 0 bridgehead atoms. The molecule has 0 unspecified atom stereocenters. The zero-order valence-corrected chi connectivity index (χ0v) is 18.1. The molecule has 0 amide bonds. The summed E-state index contributed by atoms with van der Waals surface area (Å²) in [7, 11) is 0. The normalized spacial score (nSPS) is 16.4. The fraction of sp³-hybridized carbons (Fsp3) is 0.273. The number of hydrogen-bond acceptors (Lipinski definition) is 8. The highest BCUT2D eigenvalue weighted by Crippen LogP contribution is 2.36.